The van der Waals surface area contributed by atoms with Gasteiger partial charge in [-0.1, -0.05) is 23.5 Å². The molecule has 3 rings (SSSR count). The molecule has 2 aromatic heterocycles. The fourth-order valence-electron chi connectivity index (χ4n) is 2.59. The predicted octanol–water partition coefficient (Wildman–Crippen LogP) is 3.11. The fraction of sp³-hybridized carbons (Fsp3) is 0.389. The molecule has 132 valence electrons. The van der Waals surface area contributed by atoms with E-state index in [-0.39, 0.29) is 5.91 Å². The highest BCUT2D eigenvalue weighted by molar-refractivity contribution is 7.22. The first kappa shape index (κ1) is 17.6. The highest BCUT2D eigenvalue weighted by Gasteiger charge is 2.23. The molecule has 0 aliphatic heterocycles. The summed E-state index contributed by atoms with van der Waals surface area (Å²) in [6.07, 6.45) is 2.72. The second-order valence-electron chi connectivity index (χ2n) is 6.13. The van der Waals surface area contributed by atoms with Crippen molar-refractivity contribution < 1.29 is 4.79 Å². The van der Waals surface area contributed by atoms with Gasteiger partial charge in [0.1, 0.15) is 0 Å². The van der Waals surface area contributed by atoms with Crippen LogP contribution in [0.3, 0.4) is 0 Å². The SMILES string of the molecule is CCn1ccc(C(=O)N(CCCN(C)C)c2nc3ccccc3s2)n1. The van der Waals surface area contributed by atoms with Gasteiger partial charge in [0.15, 0.2) is 10.8 Å². The second kappa shape index (κ2) is 7.76. The van der Waals surface area contributed by atoms with Crippen LogP contribution in [-0.4, -0.2) is 52.8 Å². The van der Waals surface area contributed by atoms with Crippen molar-refractivity contribution in [3.63, 3.8) is 0 Å². The Morgan fingerprint density at radius 3 is 2.68 bits per heavy atom. The van der Waals surface area contributed by atoms with Gasteiger partial charge in [-0.2, -0.15) is 5.10 Å². The lowest BCUT2D eigenvalue weighted by atomic mass is 10.3. The topological polar surface area (TPSA) is 54.3 Å². The Morgan fingerprint density at radius 2 is 2.00 bits per heavy atom. The molecule has 1 amide bonds. The van der Waals surface area contributed by atoms with Crippen LogP contribution in [-0.2, 0) is 6.54 Å². The number of fused-ring (bicyclic) bond motifs is 1. The van der Waals surface area contributed by atoms with Crippen molar-refractivity contribution in [2.75, 3.05) is 32.1 Å². The van der Waals surface area contributed by atoms with Gasteiger partial charge in [0.25, 0.3) is 5.91 Å². The summed E-state index contributed by atoms with van der Waals surface area (Å²) in [7, 11) is 4.07. The maximum Gasteiger partial charge on any atom is 0.280 e. The Hall–Kier alpha value is -2.25. The van der Waals surface area contributed by atoms with E-state index in [1.165, 1.54) is 0 Å². The van der Waals surface area contributed by atoms with E-state index in [9.17, 15) is 4.79 Å². The number of nitrogens with zero attached hydrogens (tertiary/aromatic N) is 5. The average molecular weight is 357 g/mol. The molecule has 2 heterocycles. The van der Waals surface area contributed by atoms with Crippen LogP contribution < -0.4 is 4.90 Å². The number of para-hydroxylation sites is 1. The third-order valence-corrected chi connectivity index (χ3v) is 4.99. The van der Waals surface area contributed by atoms with Crippen molar-refractivity contribution in [3.8, 4) is 0 Å². The molecule has 0 radical (unpaired) electrons. The summed E-state index contributed by atoms with van der Waals surface area (Å²) in [5, 5.41) is 5.10. The van der Waals surface area contributed by atoms with Gasteiger partial charge >= 0.3 is 0 Å². The summed E-state index contributed by atoms with van der Waals surface area (Å²) in [5.74, 6) is -0.0926. The van der Waals surface area contributed by atoms with Crippen LogP contribution in [0, 0.1) is 0 Å². The molecule has 0 unspecified atom stereocenters. The molecule has 0 bridgehead atoms. The predicted molar refractivity (Wildman–Crippen MR) is 102 cm³/mol. The largest absolute Gasteiger partial charge is 0.309 e. The number of carbonyl (C=O) groups excluding carboxylic acids is 1. The van der Waals surface area contributed by atoms with Crippen molar-refractivity contribution >= 4 is 32.6 Å². The molecule has 0 saturated heterocycles. The van der Waals surface area contributed by atoms with Gasteiger partial charge in [0.05, 0.1) is 10.2 Å². The fourth-order valence-corrected chi connectivity index (χ4v) is 3.58. The zero-order valence-corrected chi connectivity index (χ0v) is 15.7. The molecule has 0 atom stereocenters. The molecular weight excluding hydrogens is 334 g/mol. The van der Waals surface area contributed by atoms with Gasteiger partial charge in [-0.05, 0) is 52.2 Å². The number of rotatable bonds is 7. The highest BCUT2D eigenvalue weighted by Crippen LogP contribution is 2.29. The van der Waals surface area contributed by atoms with Crippen LogP contribution in [0.4, 0.5) is 5.13 Å². The Bertz CT molecular complexity index is 821. The minimum absolute atomic E-state index is 0.0926. The van der Waals surface area contributed by atoms with Crippen molar-refractivity contribution in [3.05, 3.63) is 42.2 Å². The van der Waals surface area contributed by atoms with Crippen molar-refractivity contribution in [2.24, 2.45) is 0 Å². The minimum atomic E-state index is -0.0926. The molecular formula is C18H23N5OS. The summed E-state index contributed by atoms with van der Waals surface area (Å²) < 4.78 is 2.85. The molecule has 0 N–H and O–H groups in total. The lowest BCUT2D eigenvalue weighted by Gasteiger charge is -2.20. The number of aromatic nitrogens is 3. The summed E-state index contributed by atoms with van der Waals surface area (Å²) in [5.41, 5.74) is 1.39. The number of hydrogen-bond donors (Lipinski definition) is 0. The first-order chi connectivity index (χ1) is 12.1. The molecule has 6 nitrogen and oxygen atoms in total. The van der Waals surface area contributed by atoms with E-state index in [1.807, 2.05) is 51.5 Å². The van der Waals surface area contributed by atoms with E-state index in [2.05, 4.69) is 15.0 Å². The van der Waals surface area contributed by atoms with Crippen molar-refractivity contribution in [1.82, 2.24) is 19.7 Å². The Balaban J connectivity index is 1.89. The van der Waals surface area contributed by atoms with E-state index >= 15 is 0 Å². The summed E-state index contributed by atoms with van der Waals surface area (Å²) in [6, 6.07) is 9.74. The minimum Gasteiger partial charge on any atom is -0.309 e. The molecule has 25 heavy (non-hydrogen) atoms. The van der Waals surface area contributed by atoms with Crippen LogP contribution in [0.1, 0.15) is 23.8 Å². The van der Waals surface area contributed by atoms with Gasteiger partial charge in [-0.25, -0.2) is 4.98 Å². The molecule has 0 aliphatic carbocycles. The van der Waals surface area contributed by atoms with Gasteiger partial charge < -0.3 is 4.90 Å². The first-order valence-electron chi connectivity index (χ1n) is 8.44. The zero-order chi connectivity index (χ0) is 17.8. The lowest BCUT2D eigenvalue weighted by Crippen LogP contribution is -2.33. The Morgan fingerprint density at radius 1 is 1.20 bits per heavy atom. The number of hydrogen-bond acceptors (Lipinski definition) is 5. The number of carbonyl (C=O) groups is 1. The smallest absolute Gasteiger partial charge is 0.280 e. The first-order valence-corrected chi connectivity index (χ1v) is 9.25. The quantitative estimate of drug-likeness (QED) is 0.652. The molecule has 0 aliphatic rings. The second-order valence-corrected chi connectivity index (χ2v) is 7.14. The van der Waals surface area contributed by atoms with Crippen molar-refractivity contribution in [1.29, 1.82) is 0 Å². The lowest BCUT2D eigenvalue weighted by molar-refractivity contribution is 0.0980. The normalized spacial score (nSPS) is 11.4. The van der Waals surface area contributed by atoms with Gasteiger partial charge in [-0.15, -0.1) is 0 Å². The van der Waals surface area contributed by atoms with Gasteiger partial charge in [0, 0.05) is 19.3 Å². The maximum atomic E-state index is 13.0. The van der Waals surface area contributed by atoms with E-state index in [1.54, 1.807) is 27.0 Å². The maximum absolute atomic E-state index is 13.0. The summed E-state index contributed by atoms with van der Waals surface area (Å²) in [6.45, 7) is 4.28. The molecule has 0 saturated carbocycles. The Kier molecular flexibility index (Phi) is 5.45. The van der Waals surface area contributed by atoms with Gasteiger partial charge in [-0.3, -0.25) is 14.4 Å². The molecule has 1 aromatic carbocycles. The van der Waals surface area contributed by atoms with Crippen LogP contribution in [0.25, 0.3) is 10.2 Å². The van der Waals surface area contributed by atoms with E-state index in [4.69, 9.17) is 0 Å². The number of thiazole rings is 1. The monoisotopic (exact) mass is 357 g/mol. The van der Waals surface area contributed by atoms with E-state index in [0.29, 0.717) is 12.2 Å². The summed E-state index contributed by atoms with van der Waals surface area (Å²) in [4.78, 5) is 21.6. The number of anilines is 1. The molecule has 0 spiro atoms. The van der Waals surface area contributed by atoms with Crippen LogP contribution >= 0.6 is 11.3 Å². The van der Waals surface area contributed by atoms with E-state index < -0.39 is 0 Å². The van der Waals surface area contributed by atoms with E-state index in [0.717, 1.165) is 34.9 Å². The van der Waals surface area contributed by atoms with Crippen LogP contribution in [0.15, 0.2) is 36.5 Å². The molecule has 7 heteroatoms. The number of aryl methyl sites for hydroxylation is 1. The standard InChI is InChI=1S/C18H23N5OS/c1-4-22-13-10-15(20-22)17(24)23(12-7-11-21(2)3)18-19-14-8-5-6-9-16(14)25-18/h5-6,8-10,13H,4,7,11-12H2,1-3H3. The zero-order valence-electron chi connectivity index (χ0n) is 14.8. The molecule has 0 fully saturated rings. The van der Waals surface area contributed by atoms with Crippen molar-refractivity contribution in [2.45, 2.75) is 19.9 Å². The average Bonchev–Trinajstić information content (AvgIpc) is 3.24. The van der Waals surface area contributed by atoms with Crippen LogP contribution in [0.5, 0.6) is 0 Å². The third-order valence-electron chi connectivity index (χ3n) is 3.93. The number of benzene rings is 1. The third kappa shape index (κ3) is 4.05. The Labute approximate surface area is 151 Å². The number of amides is 1. The summed E-state index contributed by atoms with van der Waals surface area (Å²) >= 11 is 1.55. The highest BCUT2D eigenvalue weighted by atomic mass is 32.1. The molecule has 3 aromatic rings. The van der Waals surface area contributed by atoms with Crippen LogP contribution in [0.2, 0.25) is 0 Å². The van der Waals surface area contributed by atoms with Gasteiger partial charge in [0.2, 0.25) is 0 Å².